The largest absolute Gasteiger partial charge is 0.491 e. The summed E-state index contributed by atoms with van der Waals surface area (Å²) in [7, 11) is 0. The molecule has 0 aliphatic carbocycles. The van der Waals surface area contributed by atoms with Crippen LogP contribution >= 0.6 is 0 Å². The summed E-state index contributed by atoms with van der Waals surface area (Å²) in [6, 6.07) is 7.74. The second-order valence-electron chi connectivity index (χ2n) is 4.12. The Morgan fingerprint density at radius 3 is 2.56 bits per heavy atom. The SMILES string of the molecule is CC(=O)/C(C)=C\c1cccc(OC(C)C)c1. The molecule has 1 aromatic rings. The fourth-order valence-corrected chi connectivity index (χ4v) is 1.30. The minimum atomic E-state index is 0.0928. The van der Waals surface area contributed by atoms with Gasteiger partial charge in [-0.2, -0.15) is 0 Å². The molecule has 86 valence electrons. The first-order chi connectivity index (χ1) is 7.49. The van der Waals surface area contributed by atoms with Gasteiger partial charge in [0.15, 0.2) is 5.78 Å². The highest BCUT2D eigenvalue weighted by Crippen LogP contribution is 2.17. The maximum Gasteiger partial charge on any atom is 0.155 e. The summed E-state index contributed by atoms with van der Waals surface area (Å²) in [5, 5.41) is 0. The van der Waals surface area contributed by atoms with Crippen molar-refractivity contribution in [1.82, 2.24) is 0 Å². The van der Waals surface area contributed by atoms with Crippen LogP contribution in [0.5, 0.6) is 5.75 Å². The van der Waals surface area contributed by atoms with Crippen LogP contribution < -0.4 is 4.74 Å². The molecule has 0 fully saturated rings. The molecule has 0 aromatic heterocycles. The van der Waals surface area contributed by atoms with Crippen LogP contribution in [-0.2, 0) is 4.79 Å². The van der Waals surface area contributed by atoms with Gasteiger partial charge in [-0.1, -0.05) is 12.1 Å². The van der Waals surface area contributed by atoms with E-state index in [4.69, 9.17) is 4.74 Å². The maximum atomic E-state index is 11.1. The fourth-order valence-electron chi connectivity index (χ4n) is 1.30. The summed E-state index contributed by atoms with van der Waals surface area (Å²) >= 11 is 0. The Kier molecular flexibility index (Phi) is 4.29. The number of carbonyl (C=O) groups is 1. The summed E-state index contributed by atoms with van der Waals surface area (Å²) < 4.78 is 5.58. The van der Waals surface area contributed by atoms with Crippen molar-refractivity contribution < 1.29 is 9.53 Å². The van der Waals surface area contributed by atoms with Crippen LogP contribution in [0.1, 0.15) is 33.3 Å². The molecular weight excluding hydrogens is 200 g/mol. The van der Waals surface area contributed by atoms with E-state index in [1.54, 1.807) is 6.92 Å². The van der Waals surface area contributed by atoms with Gasteiger partial charge in [-0.3, -0.25) is 4.79 Å². The van der Waals surface area contributed by atoms with E-state index < -0.39 is 0 Å². The highest BCUT2D eigenvalue weighted by atomic mass is 16.5. The van der Waals surface area contributed by atoms with Crippen LogP contribution in [0.25, 0.3) is 6.08 Å². The molecule has 0 spiro atoms. The molecular formula is C14H18O2. The Morgan fingerprint density at radius 1 is 1.31 bits per heavy atom. The third-order valence-corrected chi connectivity index (χ3v) is 2.17. The van der Waals surface area contributed by atoms with Gasteiger partial charge in [-0.25, -0.2) is 0 Å². The number of allylic oxidation sites excluding steroid dienone is 1. The van der Waals surface area contributed by atoms with Gasteiger partial charge in [0.1, 0.15) is 5.75 Å². The average Bonchev–Trinajstić information content (AvgIpc) is 2.16. The minimum absolute atomic E-state index is 0.0928. The highest BCUT2D eigenvalue weighted by Gasteiger charge is 2.00. The first-order valence-electron chi connectivity index (χ1n) is 5.45. The van der Waals surface area contributed by atoms with Gasteiger partial charge in [0.25, 0.3) is 0 Å². The van der Waals surface area contributed by atoms with Crippen LogP contribution in [-0.4, -0.2) is 11.9 Å². The third kappa shape index (κ3) is 3.89. The quantitative estimate of drug-likeness (QED) is 0.723. The normalized spacial score (nSPS) is 11.7. The Labute approximate surface area is 96.9 Å². The molecule has 0 saturated carbocycles. The Bertz CT molecular complexity index is 403. The molecule has 2 heteroatoms. The van der Waals surface area contributed by atoms with Gasteiger partial charge in [0.05, 0.1) is 6.10 Å². The molecule has 0 radical (unpaired) electrons. The highest BCUT2D eigenvalue weighted by molar-refractivity contribution is 5.97. The second kappa shape index (κ2) is 5.50. The average molecular weight is 218 g/mol. The van der Waals surface area contributed by atoms with Gasteiger partial charge in [0, 0.05) is 0 Å². The van der Waals surface area contributed by atoms with E-state index in [2.05, 4.69) is 0 Å². The molecule has 2 nitrogen and oxygen atoms in total. The molecule has 0 aliphatic heterocycles. The predicted molar refractivity (Wildman–Crippen MR) is 66.5 cm³/mol. The number of ether oxygens (including phenoxy) is 1. The molecule has 0 N–H and O–H groups in total. The van der Waals surface area contributed by atoms with Crippen LogP contribution in [0.4, 0.5) is 0 Å². The Morgan fingerprint density at radius 2 is 2.00 bits per heavy atom. The van der Waals surface area contributed by atoms with E-state index >= 15 is 0 Å². The summed E-state index contributed by atoms with van der Waals surface area (Å²) in [6.07, 6.45) is 2.03. The molecule has 0 saturated heterocycles. The molecule has 1 aromatic carbocycles. The molecule has 0 unspecified atom stereocenters. The number of ketones is 1. The van der Waals surface area contributed by atoms with Gasteiger partial charge in [0.2, 0.25) is 0 Å². The molecule has 16 heavy (non-hydrogen) atoms. The van der Waals surface area contributed by atoms with Crippen molar-refractivity contribution in [2.45, 2.75) is 33.8 Å². The number of rotatable bonds is 4. The molecule has 0 atom stereocenters. The zero-order valence-corrected chi connectivity index (χ0v) is 10.3. The van der Waals surface area contributed by atoms with Crippen molar-refractivity contribution in [3.05, 3.63) is 35.4 Å². The van der Waals surface area contributed by atoms with Crippen molar-refractivity contribution in [3.8, 4) is 5.75 Å². The van der Waals surface area contributed by atoms with E-state index in [1.165, 1.54) is 0 Å². The van der Waals surface area contributed by atoms with Crippen LogP contribution in [0.3, 0.4) is 0 Å². The predicted octanol–water partition coefficient (Wildman–Crippen LogP) is 3.47. The van der Waals surface area contributed by atoms with Gasteiger partial charge < -0.3 is 4.74 Å². The first kappa shape index (κ1) is 12.5. The second-order valence-corrected chi connectivity index (χ2v) is 4.12. The summed E-state index contributed by atoms with van der Waals surface area (Å²) in [5.41, 5.74) is 1.74. The molecule has 0 aliphatic rings. The van der Waals surface area contributed by atoms with Crippen LogP contribution in [0, 0.1) is 0 Å². The zero-order chi connectivity index (χ0) is 12.1. The Balaban J connectivity index is 2.90. The van der Waals surface area contributed by atoms with Gasteiger partial charge in [-0.15, -0.1) is 0 Å². The summed E-state index contributed by atoms with van der Waals surface area (Å²) in [4.78, 5) is 11.1. The van der Waals surface area contributed by atoms with E-state index in [0.29, 0.717) is 0 Å². The smallest absolute Gasteiger partial charge is 0.155 e. The lowest BCUT2D eigenvalue weighted by Crippen LogP contribution is -2.05. The van der Waals surface area contributed by atoms with Crippen molar-refractivity contribution in [3.63, 3.8) is 0 Å². The van der Waals surface area contributed by atoms with Crippen molar-refractivity contribution in [2.24, 2.45) is 0 Å². The third-order valence-electron chi connectivity index (χ3n) is 2.17. The number of hydrogen-bond donors (Lipinski definition) is 0. The molecule has 0 amide bonds. The lowest BCUT2D eigenvalue weighted by molar-refractivity contribution is -0.113. The fraction of sp³-hybridized carbons (Fsp3) is 0.357. The van der Waals surface area contributed by atoms with E-state index in [-0.39, 0.29) is 11.9 Å². The van der Waals surface area contributed by atoms with Crippen LogP contribution in [0.15, 0.2) is 29.8 Å². The van der Waals surface area contributed by atoms with E-state index in [9.17, 15) is 4.79 Å². The number of hydrogen-bond acceptors (Lipinski definition) is 2. The topological polar surface area (TPSA) is 26.3 Å². The lowest BCUT2D eigenvalue weighted by Gasteiger charge is -2.09. The molecule has 0 bridgehead atoms. The number of carbonyl (C=O) groups excluding carboxylic acids is 1. The summed E-state index contributed by atoms with van der Waals surface area (Å²) in [5.74, 6) is 0.926. The van der Waals surface area contributed by atoms with E-state index in [0.717, 1.165) is 16.9 Å². The number of Topliss-reactive ketones (excluding diaryl/α,β-unsaturated/α-hetero) is 1. The van der Waals surface area contributed by atoms with Crippen molar-refractivity contribution in [2.75, 3.05) is 0 Å². The lowest BCUT2D eigenvalue weighted by atomic mass is 10.1. The minimum Gasteiger partial charge on any atom is -0.491 e. The van der Waals surface area contributed by atoms with E-state index in [1.807, 2.05) is 51.1 Å². The van der Waals surface area contributed by atoms with Gasteiger partial charge in [-0.05, 0) is 57.0 Å². The van der Waals surface area contributed by atoms with Crippen molar-refractivity contribution in [1.29, 1.82) is 0 Å². The molecule has 0 heterocycles. The number of benzene rings is 1. The standard InChI is InChI=1S/C14H18O2/c1-10(2)16-14-7-5-6-13(9-14)8-11(3)12(4)15/h5-10H,1-4H3/b11-8-. The zero-order valence-electron chi connectivity index (χ0n) is 10.3. The van der Waals surface area contributed by atoms with Crippen LogP contribution in [0.2, 0.25) is 0 Å². The monoisotopic (exact) mass is 218 g/mol. The first-order valence-corrected chi connectivity index (χ1v) is 5.45. The summed E-state index contributed by atoms with van der Waals surface area (Å²) in [6.45, 7) is 7.37. The maximum absolute atomic E-state index is 11.1. The van der Waals surface area contributed by atoms with Gasteiger partial charge >= 0.3 is 0 Å². The van der Waals surface area contributed by atoms with Crippen molar-refractivity contribution >= 4 is 11.9 Å². The molecule has 1 rings (SSSR count). The Hall–Kier alpha value is -1.57.